The van der Waals surface area contributed by atoms with Crippen LogP contribution in [0.15, 0.2) is 60.7 Å². The first-order valence-corrected chi connectivity index (χ1v) is 12.4. The number of unbranched alkanes of at least 4 members (excludes halogenated alkanes) is 6. The predicted molar refractivity (Wildman–Crippen MR) is 133 cm³/mol. The molecule has 2 aromatic carbocycles. The molecule has 3 rings (SSSR count). The van der Waals surface area contributed by atoms with Crippen LogP contribution in [0.3, 0.4) is 0 Å². The van der Waals surface area contributed by atoms with Gasteiger partial charge in [0.2, 0.25) is 11.8 Å². The Morgan fingerprint density at radius 1 is 0.656 bits per heavy atom. The maximum absolute atomic E-state index is 12.2. The SMILES string of the molecule is CCCCCCCCCCl.O=C1N[C@H](Cc2ccccc2)C(=O)N[C@H]1Cc1ccccc1. The fraction of sp³-hybridized carbons (Fsp3) is 0.481. The molecule has 0 aromatic heterocycles. The number of rotatable bonds is 11. The van der Waals surface area contributed by atoms with E-state index in [1.54, 1.807) is 0 Å². The lowest BCUT2D eigenvalue weighted by Crippen LogP contribution is -2.62. The number of piperazine rings is 1. The van der Waals surface area contributed by atoms with Crippen LogP contribution in [0.25, 0.3) is 0 Å². The van der Waals surface area contributed by atoms with Gasteiger partial charge in [0, 0.05) is 18.7 Å². The average molecular weight is 457 g/mol. The number of halogens is 1. The van der Waals surface area contributed by atoms with Crippen LogP contribution in [0, 0.1) is 0 Å². The highest BCUT2D eigenvalue weighted by atomic mass is 35.5. The van der Waals surface area contributed by atoms with Gasteiger partial charge in [-0.1, -0.05) is 106 Å². The van der Waals surface area contributed by atoms with Crippen molar-refractivity contribution < 1.29 is 9.59 Å². The molecule has 2 N–H and O–H groups in total. The van der Waals surface area contributed by atoms with Gasteiger partial charge in [-0.25, -0.2) is 0 Å². The van der Waals surface area contributed by atoms with Crippen molar-refractivity contribution in [3.8, 4) is 0 Å². The van der Waals surface area contributed by atoms with E-state index in [0.29, 0.717) is 12.8 Å². The zero-order chi connectivity index (χ0) is 23.0. The molecule has 1 aliphatic heterocycles. The highest BCUT2D eigenvalue weighted by Gasteiger charge is 2.33. The molecule has 1 aliphatic rings. The first-order valence-electron chi connectivity index (χ1n) is 11.9. The van der Waals surface area contributed by atoms with Gasteiger partial charge in [0.05, 0.1) is 0 Å². The summed E-state index contributed by atoms with van der Waals surface area (Å²) >= 11 is 5.54. The number of nitrogens with one attached hydrogen (secondary N) is 2. The van der Waals surface area contributed by atoms with E-state index in [-0.39, 0.29) is 11.8 Å². The van der Waals surface area contributed by atoms with Crippen LogP contribution in [0.5, 0.6) is 0 Å². The normalized spacial score (nSPS) is 17.7. The molecule has 1 heterocycles. The van der Waals surface area contributed by atoms with Gasteiger partial charge >= 0.3 is 0 Å². The van der Waals surface area contributed by atoms with E-state index in [4.69, 9.17) is 11.6 Å². The van der Waals surface area contributed by atoms with Crippen LogP contribution in [0.4, 0.5) is 0 Å². The van der Waals surface area contributed by atoms with Crippen molar-refractivity contribution in [2.24, 2.45) is 0 Å². The molecular weight excluding hydrogens is 420 g/mol. The zero-order valence-electron chi connectivity index (χ0n) is 19.2. The van der Waals surface area contributed by atoms with E-state index >= 15 is 0 Å². The van der Waals surface area contributed by atoms with Crippen molar-refractivity contribution in [2.45, 2.75) is 76.8 Å². The number of carbonyl (C=O) groups is 2. The minimum Gasteiger partial charge on any atom is -0.342 e. The number of carbonyl (C=O) groups excluding carboxylic acids is 2. The molecule has 2 atom stereocenters. The monoisotopic (exact) mass is 456 g/mol. The van der Waals surface area contributed by atoms with E-state index in [2.05, 4.69) is 17.6 Å². The van der Waals surface area contributed by atoms with E-state index in [9.17, 15) is 9.59 Å². The van der Waals surface area contributed by atoms with Crippen molar-refractivity contribution in [1.29, 1.82) is 0 Å². The number of benzene rings is 2. The van der Waals surface area contributed by atoms with E-state index in [0.717, 1.165) is 17.0 Å². The molecule has 2 amide bonds. The first kappa shape index (κ1) is 25.9. The molecule has 0 saturated carbocycles. The smallest absolute Gasteiger partial charge is 0.243 e. The van der Waals surface area contributed by atoms with Gasteiger partial charge in [0.25, 0.3) is 0 Å². The maximum Gasteiger partial charge on any atom is 0.243 e. The lowest BCUT2D eigenvalue weighted by molar-refractivity contribution is -0.136. The van der Waals surface area contributed by atoms with Crippen LogP contribution in [0.2, 0.25) is 0 Å². The molecule has 5 heteroatoms. The van der Waals surface area contributed by atoms with Crippen LogP contribution >= 0.6 is 11.6 Å². The van der Waals surface area contributed by atoms with Crippen molar-refractivity contribution >= 4 is 23.4 Å². The Bertz CT molecular complexity index is 715. The predicted octanol–water partition coefficient (Wildman–Crippen LogP) is 5.43. The third kappa shape index (κ3) is 9.86. The van der Waals surface area contributed by atoms with E-state index in [1.807, 2.05) is 60.7 Å². The molecule has 1 fully saturated rings. The largest absolute Gasteiger partial charge is 0.342 e. The Morgan fingerprint density at radius 3 is 1.47 bits per heavy atom. The summed E-state index contributed by atoms with van der Waals surface area (Å²) in [5, 5.41) is 5.67. The molecule has 0 bridgehead atoms. The summed E-state index contributed by atoms with van der Waals surface area (Å²) < 4.78 is 0. The molecule has 174 valence electrons. The summed E-state index contributed by atoms with van der Waals surface area (Å²) in [6.45, 7) is 2.25. The van der Waals surface area contributed by atoms with Gasteiger partial charge < -0.3 is 10.6 Å². The average Bonchev–Trinajstić information content (AvgIpc) is 2.81. The Kier molecular flexibility index (Phi) is 12.5. The molecular formula is C27H37ClN2O2. The fourth-order valence-corrected chi connectivity index (χ4v) is 3.90. The number of alkyl halides is 1. The molecule has 0 unspecified atom stereocenters. The van der Waals surface area contributed by atoms with Crippen LogP contribution < -0.4 is 10.6 Å². The lowest BCUT2D eigenvalue weighted by Gasteiger charge is -2.29. The molecule has 4 nitrogen and oxygen atoms in total. The van der Waals surface area contributed by atoms with Crippen molar-refractivity contribution in [2.75, 3.05) is 5.88 Å². The molecule has 0 aliphatic carbocycles. The van der Waals surface area contributed by atoms with Gasteiger partial charge in [-0.15, -0.1) is 11.6 Å². The van der Waals surface area contributed by atoms with Gasteiger partial charge in [-0.3, -0.25) is 9.59 Å². The van der Waals surface area contributed by atoms with Crippen molar-refractivity contribution in [3.05, 3.63) is 71.8 Å². The summed E-state index contributed by atoms with van der Waals surface area (Å²) in [6, 6.07) is 18.4. The number of hydrogen-bond acceptors (Lipinski definition) is 2. The third-order valence-electron chi connectivity index (χ3n) is 5.57. The second-order valence-electron chi connectivity index (χ2n) is 8.31. The number of amides is 2. The molecule has 0 spiro atoms. The molecule has 32 heavy (non-hydrogen) atoms. The Labute approximate surface area is 198 Å². The van der Waals surface area contributed by atoms with Crippen molar-refractivity contribution in [1.82, 2.24) is 10.6 Å². The van der Waals surface area contributed by atoms with Crippen LogP contribution in [-0.2, 0) is 22.4 Å². The van der Waals surface area contributed by atoms with Gasteiger partial charge in [-0.2, -0.15) is 0 Å². The van der Waals surface area contributed by atoms with Gasteiger partial charge in [0.1, 0.15) is 12.1 Å². The summed E-state index contributed by atoms with van der Waals surface area (Å²) in [6.07, 6.45) is 10.5. The summed E-state index contributed by atoms with van der Waals surface area (Å²) in [4.78, 5) is 24.4. The second kappa shape index (κ2) is 15.5. The Balaban J connectivity index is 0.000000309. The van der Waals surface area contributed by atoms with Gasteiger partial charge in [-0.05, 0) is 17.5 Å². The van der Waals surface area contributed by atoms with Crippen LogP contribution in [0.1, 0.15) is 63.0 Å². The quantitative estimate of drug-likeness (QED) is 0.350. The minimum atomic E-state index is -0.498. The first-order chi connectivity index (χ1) is 15.6. The standard InChI is InChI=1S/C18H18N2O2.C9H19Cl/c21-17-15(11-13-7-3-1-4-8-13)19-18(22)16(20-17)12-14-9-5-2-6-10-14;1-2-3-4-5-6-7-8-9-10/h1-10,15-16H,11-12H2,(H,19,22)(H,20,21);2-9H2,1H3/t15-,16+;. The highest BCUT2D eigenvalue weighted by Crippen LogP contribution is 2.10. The lowest BCUT2D eigenvalue weighted by atomic mass is 9.99. The highest BCUT2D eigenvalue weighted by molar-refractivity contribution is 6.17. The van der Waals surface area contributed by atoms with Crippen LogP contribution in [-0.4, -0.2) is 29.8 Å². The van der Waals surface area contributed by atoms with E-state index < -0.39 is 12.1 Å². The molecule has 0 radical (unpaired) electrons. The topological polar surface area (TPSA) is 58.2 Å². The zero-order valence-corrected chi connectivity index (χ0v) is 19.9. The maximum atomic E-state index is 12.2. The summed E-state index contributed by atoms with van der Waals surface area (Å²) in [5.74, 6) is 0.599. The Hall–Kier alpha value is -2.33. The Morgan fingerprint density at radius 2 is 1.06 bits per heavy atom. The van der Waals surface area contributed by atoms with E-state index in [1.165, 1.54) is 44.9 Å². The van der Waals surface area contributed by atoms with Gasteiger partial charge in [0.15, 0.2) is 0 Å². The number of hydrogen-bond donors (Lipinski definition) is 2. The summed E-state index contributed by atoms with van der Waals surface area (Å²) in [5.41, 5.74) is 2.06. The molecule has 1 saturated heterocycles. The molecule has 2 aromatic rings. The summed E-state index contributed by atoms with van der Waals surface area (Å²) in [7, 11) is 0. The minimum absolute atomic E-state index is 0.121. The second-order valence-corrected chi connectivity index (χ2v) is 8.69. The third-order valence-corrected chi connectivity index (χ3v) is 5.84. The van der Waals surface area contributed by atoms with Crippen molar-refractivity contribution in [3.63, 3.8) is 0 Å². The fourth-order valence-electron chi connectivity index (χ4n) is 3.71.